The van der Waals surface area contributed by atoms with Crippen molar-refractivity contribution in [2.75, 3.05) is 0 Å². The largest absolute Gasteiger partial charge is 0.508 e. The van der Waals surface area contributed by atoms with Gasteiger partial charge in [-0.3, -0.25) is 0 Å². The molecule has 132 valence electrons. The molecule has 0 heterocycles. The third kappa shape index (κ3) is 7.87. The summed E-state index contributed by atoms with van der Waals surface area (Å²) in [6.07, 6.45) is 14.2. The van der Waals surface area contributed by atoms with Crippen LogP contribution in [0, 0.1) is 0 Å². The van der Waals surface area contributed by atoms with Crippen molar-refractivity contribution in [3.8, 4) is 5.75 Å². The number of hydrogen-bond acceptors (Lipinski definition) is 2. The minimum atomic E-state index is 0.151. The molecule has 0 bridgehead atoms. The third-order valence-electron chi connectivity index (χ3n) is 4.93. The lowest BCUT2D eigenvalue weighted by molar-refractivity contribution is 0.424. The molecule has 0 amide bonds. The second kappa shape index (κ2) is 12.4. The second-order valence-corrected chi connectivity index (χ2v) is 6.85. The maximum atomic E-state index is 10.0. The van der Waals surface area contributed by atoms with Gasteiger partial charge in [0.1, 0.15) is 5.75 Å². The predicted octanol–water partition coefficient (Wildman–Crippen LogP) is 6.13. The quantitative estimate of drug-likeness (QED) is 0.429. The van der Waals surface area contributed by atoms with E-state index < -0.39 is 0 Å². The van der Waals surface area contributed by atoms with Crippen molar-refractivity contribution in [2.45, 2.75) is 96.4 Å². The first kappa shape index (κ1) is 20.0. The molecule has 0 aromatic heterocycles. The van der Waals surface area contributed by atoms with Gasteiger partial charge < -0.3 is 10.8 Å². The smallest absolute Gasteiger partial charge is 0.119 e. The van der Waals surface area contributed by atoms with Crippen molar-refractivity contribution < 1.29 is 5.11 Å². The zero-order chi connectivity index (χ0) is 16.9. The number of phenolic OH excluding ortho intramolecular Hbond substituents is 1. The molecular formula is C21H37NO. The number of rotatable bonds is 13. The minimum Gasteiger partial charge on any atom is -0.508 e. The van der Waals surface area contributed by atoms with Crippen molar-refractivity contribution in [1.82, 2.24) is 0 Å². The number of phenols is 1. The average Bonchev–Trinajstić information content (AvgIpc) is 2.55. The highest BCUT2D eigenvalue weighted by molar-refractivity contribution is 5.35. The van der Waals surface area contributed by atoms with Crippen LogP contribution >= 0.6 is 0 Å². The Morgan fingerprint density at radius 2 is 1.43 bits per heavy atom. The standard InChI is InChI=1S/C21H37NO/c1-3-5-6-7-8-9-10-11-12-16-20(22)18(4-2)19-15-13-14-17-21(19)23/h13-15,17-18,20,23H,3-12,16,22H2,1-2H3. The molecule has 2 unspecified atom stereocenters. The van der Waals surface area contributed by atoms with E-state index >= 15 is 0 Å². The Bertz CT molecular complexity index is 405. The van der Waals surface area contributed by atoms with E-state index in [1.807, 2.05) is 18.2 Å². The highest BCUT2D eigenvalue weighted by Crippen LogP contribution is 2.31. The van der Waals surface area contributed by atoms with Crippen LogP contribution in [-0.4, -0.2) is 11.1 Å². The third-order valence-corrected chi connectivity index (χ3v) is 4.93. The van der Waals surface area contributed by atoms with Crippen LogP contribution in [0.15, 0.2) is 24.3 Å². The number of nitrogens with two attached hydrogens (primary N) is 1. The van der Waals surface area contributed by atoms with Gasteiger partial charge in [0.25, 0.3) is 0 Å². The van der Waals surface area contributed by atoms with E-state index in [2.05, 4.69) is 13.8 Å². The fourth-order valence-electron chi connectivity index (χ4n) is 3.45. The Morgan fingerprint density at radius 3 is 2.00 bits per heavy atom. The molecule has 0 saturated heterocycles. The van der Waals surface area contributed by atoms with Gasteiger partial charge in [-0.15, -0.1) is 0 Å². The van der Waals surface area contributed by atoms with E-state index in [0.29, 0.717) is 5.75 Å². The van der Waals surface area contributed by atoms with Crippen molar-refractivity contribution in [2.24, 2.45) is 5.73 Å². The number of benzene rings is 1. The summed E-state index contributed by atoms with van der Waals surface area (Å²) in [6, 6.07) is 7.79. The molecule has 2 nitrogen and oxygen atoms in total. The molecule has 0 radical (unpaired) electrons. The molecule has 0 aliphatic rings. The summed E-state index contributed by atoms with van der Waals surface area (Å²) < 4.78 is 0. The van der Waals surface area contributed by atoms with Gasteiger partial charge in [0.15, 0.2) is 0 Å². The first-order valence-corrected chi connectivity index (χ1v) is 9.74. The summed E-state index contributed by atoms with van der Waals surface area (Å²) >= 11 is 0. The Hall–Kier alpha value is -1.02. The molecule has 3 N–H and O–H groups in total. The van der Waals surface area contributed by atoms with Crippen LogP contribution in [0.5, 0.6) is 5.75 Å². The molecule has 23 heavy (non-hydrogen) atoms. The molecular weight excluding hydrogens is 282 g/mol. The number of hydrogen-bond donors (Lipinski definition) is 2. The number of aromatic hydroxyl groups is 1. The van der Waals surface area contributed by atoms with Crippen molar-refractivity contribution in [1.29, 1.82) is 0 Å². The van der Waals surface area contributed by atoms with Crippen LogP contribution in [-0.2, 0) is 0 Å². The van der Waals surface area contributed by atoms with Crippen molar-refractivity contribution in [3.05, 3.63) is 29.8 Å². The Kier molecular flexibility index (Phi) is 10.8. The first-order chi connectivity index (χ1) is 11.2. The van der Waals surface area contributed by atoms with Crippen LogP contribution in [0.2, 0.25) is 0 Å². The van der Waals surface area contributed by atoms with Gasteiger partial charge in [0.2, 0.25) is 0 Å². The molecule has 2 heteroatoms. The van der Waals surface area contributed by atoms with Crippen LogP contribution < -0.4 is 5.73 Å². The lowest BCUT2D eigenvalue weighted by Crippen LogP contribution is -2.28. The lowest BCUT2D eigenvalue weighted by atomic mass is 9.86. The van der Waals surface area contributed by atoms with E-state index in [-0.39, 0.29) is 12.0 Å². The SMILES string of the molecule is CCCCCCCCCCCC(N)C(CC)c1ccccc1O. The highest BCUT2D eigenvalue weighted by atomic mass is 16.3. The number of para-hydroxylation sites is 1. The molecule has 1 aromatic carbocycles. The predicted molar refractivity (Wildman–Crippen MR) is 101 cm³/mol. The van der Waals surface area contributed by atoms with E-state index in [4.69, 9.17) is 5.73 Å². The maximum Gasteiger partial charge on any atom is 0.119 e. The average molecular weight is 320 g/mol. The van der Waals surface area contributed by atoms with Crippen molar-refractivity contribution in [3.63, 3.8) is 0 Å². The highest BCUT2D eigenvalue weighted by Gasteiger charge is 2.20. The van der Waals surface area contributed by atoms with Crippen LogP contribution in [0.4, 0.5) is 0 Å². The van der Waals surface area contributed by atoms with E-state index in [1.165, 1.54) is 57.8 Å². The van der Waals surface area contributed by atoms with Gasteiger partial charge in [-0.05, 0) is 24.5 Å². The summed E-state index contributed by atoms with van der Waals surface area (Å²) in [5.74, 6) is 0.659. The molecule has 0 spiro atoms. The molecule has 1 rings (SSSR count). The summed E-state index contributed by atoms with van der Waals surface area (Å²) in [5.41, 5.74) is 7.43. The van der Waals surface area contributed by atoms with E-state index in [1.54, 1.807) is 6.07 Å². The fourth-order valence-corrected chi connectivity index (χ4v) is 3.45. The zero-order valence-electron chi connectivity index (χ0n) is 15.3. The van der Waals surface area contributed by atoms with Gasteiger partial charge in [-0.2, -0.15) is 0 Å². The second-order valence-electron chi connectivity index (χ2n) is 6.85. The molecule has 0 fully saturated rings. The van der Waals surface area contributed by atoms with Gasteiger partial charge in [0.05, 0.1) is 0 Å². The minimum absolute atomic E-state index is 0.151. The molecule has 0 aliphatic heterocycles. The van der Waals surface area contributed by atoms with Gasteiger partial charge >= 0.3 is 0 Å². The number of unbranched alkanes of at least 4 members (excludes halogenated alkanes) is 8. The summed E-state index contributed by atoms with van der Waals surface area (Å²) in [4.78, 5) is 0. The normalized spacial score (nSPS) is 13.9. The van der Waals surface area contributed by atoms with Gasteiger partial charge in [-0.25, -0.2) is 0 Å². The Balaban J connectivity index is 2.20. The van der Waals surface area contributed by atoms with Crippen LogP contribution in [0.1, 0.15) is 96.0 Å². The van der Waals surface area contributed by atoms with E-state index in [9.17, 15) is 5.11 Å². The summed E-state index contributed by atoms with van der Waals surface area (Å²) in [5, 5.41) is 10.0. The zero-order valence-corrected chi connectivity index (χ0v) is 15.3. The lowest BCUT2D eigenvalue weighted by Gasteiger charge is -2.24. The van der Waals surface area contributed by atoms with E-state index in [0.717, 1.165) is 18.4 Å². The monoisotopic (exact) mass is 319 g/mol. The summed E-state index contributed by atoms with van der Waals surface area (Å²) in [6.45, 7) is 4.43. The molecule has 0 aliphatic carbocycles. The molecule has 0 saturated carbocycles. The van der Waals surface area contributed by atoms with Crippen molar-refractivity contribution >= 4 is 0 Å². The van der Waals surface area contributed by atoms with Crippen LogP contribution in [0.3, 0.4) is 0 Å². The topological polar surface area (TPSA) is 46.2 Å². The molecule has 2 atom stereocenters. The van der Waals surface area contributed by atoms with Gasteiger partial charge in [-0.1, -0.05) is 89.8 Å². The Morgan fingerprint density at radius 1 is 0.870 bits per heavy atom. The molecule has 1 aromatic rings. The van der Waals surface area contributed by atoms with Crippen LogP contribution in [0.25, 0.3) is 0 Å². The fraction of sp³-hybridized carbons (Fsp3) is 0.714. The Labute approximate surface area is 143 Å². The maximum absolute atomic E-state index is 10.0. The summed E-state index contributed by atoms with van der Waals surface area (Å²) in [7, 11) is 0. The van der Waals surface area contributed by atoms with Gasteiger partial charge in [0, 0.05) is 12.0 Å². The first-order valence-electron chi connectivity index (χ1n) is 9.74.